The van der Waals surface area contributed by atoms with Crippen LogP contribution in [0.15, 0.2) is 29.4 Å². The molecule has 1 aliphatic rings. The van der Waals surface area contributed by atoms with Gasteiger partial charge in [-0.05, 0) is 37.5 Å². The van der Waals surface area contributed by atoms with Gasteiger partial charge in [-0.3, -0.25) is 4.79 Å². The second-order valence-corrected chi connectivity index (χ2v) is 4.64. The second-order valence-electron chi connectivity index (χ2n) is 4.64. The molecule has 0 aromatic heterocycles. The fraction of sp³-hybridized carbons (Fsp3) is 0.357. The van der Waals surface area contributed by atoms with Crippen molar-refractivity contribution < 1.29 is 14.3 Å². The lowest BCUT2D eigenvalue weighted by Gasteiger charge is -2.06. The Hall–Kier alpha value is -2.37. The average molecular weight is 275 g/mol. The standard InChI is InChI=1S/C14H17N3O3/c1-9(16-17-14(19)20-2)10-5-7-12(8-6-10)15-13(18)11-3-4-11/h5-8,11H,3-4H2,1-2H3,(H,15,18)(H,17,19). The van der Waals surface area contributed by atoms with E-state index >= 15 is 0 Å². The molecule has 0 heterocycles. The predicted octanol–water partition coefficient (Wildman–Crippen LogP) is 2.12. The van der Waals surface area contributed by atoms with Crippen LogP contribution >= 0.6 is 0 Å². The van der Waals surface area contributed by atoms with Gasteiger partial charge in [-0.15, -0.1) is 0 Å². The number of hydrogen-bond donors (Lipinski definition) is 2. The number of benzene rings is 1. The highest BCUT2D eigenvalue weighted by atomic mass is 16.5. The van der Waals surface area contributed by atoms with Gasteiger partial charge in [-0.25, -0.2) is 10.2 Å². The minimum Gasteiger partial charge on any atom is -0.452 e. The Bertz CT molecular complexity index is 533. The van der Waals surface area contributed by atoms with E-state index in [1.165, 1.54) is 7.11 Å². The minimum atomic E-state index is -0.613. The maximum atomic E-state index is 11.6. The van der Waals surface area contributed by atoms with Gasteiger partial charge in [0.05, 0.1) is 12.8 Å². The molecule has 1 aromatic rings. The minimum absolute atomic E-state index is 0.0792. The van der Waals surface area contributed by atoms with Crippen LogP contribution in [0.4, 0.5) is 10.5 Å². The molecule has 0 atom stereocenters. The number of hydrazone groups is 1. The van der Waals surface area contributed by atoms with Crippen molar-refractivity contribution >= 4 is 23.4 Å². The highest BCUT2D eigenvalue weighted by Gasteiger charge is 2.29. The average Bonchev–Trinajstić information content (AvgIpc) is 3.29. The molecule has 1 saturated carbocycles. The van der Waals surface area contributed by atoms with Crippen LogP contribution in [0, 0.1) is 5.92 Å². The van der Waals surface area contributed by atoms with Gasteiger partial charge in [0.15, 0.2) is 0 Å². The number of rotatable bonds is 4. The fourth-order valence-electron chi connectivity index (χ4n) is 1.62. The number of carbonyl (C=O) groups is 2. The van der Waals surface area contributed by atoms with Crippen molar-refractivity contribution in [1.82, 2.24) is 5.43 Å². The Balaban J connectivity index is 1.96. The van der Waals surface area contributed by atoms with Gasteiger partial charge < -0.3 is 10.1 Å². The molecule has 2 rings (SSSR count). The molecule has 6 heteroatoms. The molecule has 2 N–H and O–H groups in total. The van der Waals surface area contributed by atoms with E-state index in [0.29, 0.717) is 5.71 Å². The first-order valence-electron chi connectivity index (χ1n) is 6.39. The molecule has 6 nitrogen and oxygen atoms in total. The van der Waals surface area contributed by atoms with Crippen LogP contribution in [-0.4, -0.2) is 24.8 Å². The summed E-state index contributed by atoms with van der Waals surface area (Å²) >= 11 is 0. The number of amides is 2. The predicted molar refractivity (Wildman–Crippen MR) is 75.5 cm³/mol. The summed E-state index contributed by atoms with van der Waals surface area (Å²) in [6.07, 6.45) is 1.35. The molecular weight excluding hydrogens is 258 g/mol. The Morgan fingerprint density at radius 1 is 1.25 bits per heavy atom. The van der Waals surface area contributed by atoms with Crippen molar-refractivity contribution in [2.75, 3.05) is 12.4 Å². The largest absolute Gasteiger partial charge is 0.452 e. The van der Waals surface area contributed by atoms with Crippen LogP contribution < -0.4 is 10.7 Å². The molecule has 1 aromatic carbocycles. The third-order valence-corrected chi connectivity index (χ3v) is 3.02. The maximum absolute atomic E-state index is 11.6. The van der Waals surface area contributed by atoms with Crippen molar-refractivity contribution in [2.45, 2.75) is 19.8 Å². The van der Waals surface area contributed by atoms with Gasteiger partial charge in [-0.1, -0.05) is 12.1 Å². The summed E-state index contributed by atoms with van der Waals surface area (Å²) in [5.74, 6) is 0.262. The SMILES string of the molecule is COC(=O)NN=C(C)c1ccc(NC(=O)C2CC2)cc1. The number of anilines is 1. The molecule has 0 unspecified atom stereocenters. The number of hydrogen-bond acceptors (Lipinski definition) is 4. The van der Waals surface area contributed by atoms with Gasteiger partial charge in [0.1, 0.15) is 0 Å². The monoisotopic (exact) mass is 275 g/mol. The number of methoxy groups -OCH3 is 1. The fourth-order valence-corrected chi connectivity index (χ4v) is 1.62. The van der Waals surface area contributed by atoms with E-state index in [4.69, 9.17) is 0 Å². The smallest absolute Gasteiger partial charge is 0.427 e. The van der Waals surface area contributed by atoms with Crippen molar-refractivity contribution in [3.05, 3.63) is 29.8 Å². The Morgan fingerprint density at radius 2 is 1.90 bits per heavy atom. The van der Waals surface area contributed by atoms with E-state index in [9.17, 15) is 9.59 Å². The van der Waals surface area contributed by atoms with E-state index in [2.05, 4.69) is 20.6 Å². The van der Waals surface area contributed by atoms with Crippen molar-refractivity contribution in [1.29, 1.82) is 0 Å². The van der Waals surface area contributed by atoms with E-state index in [1.54, 1.807) is 6.92 Å². The highest BCUT2D eigenvalue weighted by molar-refractivity contribution is 6.00. The van der Waals surface area contributed by atoms with Gasteiger partial charge in [0.2, 0.25) is 5.91 Å². The first-order chi connectivity index (χ1) is 9.60. The Morgan fingerprint density at radius 3 is 2.45 bits per heavy atom. The molecule has 0 spiro atoms. The van der Waals surface area contributed by atoms with Gasteiger partial charge in [0.25, 0.3) is 0 Å². The molecule has 1 aliphatic carbocycles. The van der Waals surface area contributed by atoms with Crippen LogP contribution in [-0.2, 0) is 9.53 Å². The summed E-state index contributed by atoms with van der Waals surface area (Å²) in [5.41, 5.74) is 4.52. The summed E-state index contributed by atoms with van der Waals surface area (Å²) in [6.45, 7) is 1.77. The highest BCUT2D eigenvalue weighted by Crippen LogP contribution is 2.30. The lowest BCUT2D eigenvalue weighted by molar-refractivity contribution is -0.117. The Labute approximate surface area is 117 Å². The lowest BCUT2D eigenvalue weighted by atomic mass is 10.1. The summed E-state index contributed by atoms with van der Waals surface area (Å²) in [4.78, 5) is 22.5. The molecular formula is C14H17N3O3. The zero-order valence-electron chi connectivity index (χ0n) is 11.5. The number of ether oxygens (including phenoxy) is 1. The number of nitrogens with one attached hydrogen (secondary N) is 2. The van der Waals surface area contributed by atoms with E-state index in [1.807, 2.05) is 24.3 Å². The van der Waals surface area contributed by atoms with Crippen molar-refractivity contribution in [3.63, 3.8) is 0 Å². The van der Waals surface area contributed by atoms with Crippen LogP contribution in [0.25, 0.3) is 0 Å². The van der Waals surface area contributed by atoms with Crippen LogP contribution in [0.1, 0.15) is 25.3 Å². The number of nitrogens with zero attached hydrogens (tertiary/aromatic N) is 1. The van der Waals surface area contributed by atoms with E-state index in [-0.39, 0.29) is 11.8 Å². The molecule has 106 valence electrons. The molecule has 20 heavy (non-hydrogen) atoms. The zero-order chi connectivity index (χ0) is 14.5. The topological polar surface area (TPSA) is 79.8 Å². The lowest BCUT2D eigenvalue weighted by Crippen LogP contribution is -2.18. The molecule has 1 fully saturated rings. The third kappa shape index (κ3) is 3.81. The Kier molecular flexibility index (Phi) is 4.34. The zero-order valence-corrected chi connectivity index (χ0v) is 11.5. The van der Waals surface area contributed by atoms with Crippen molar-refractivity contribution in [2.24, 2.45) is 11.0 Å². The molecule has 0 saturated heterocycles. The van der Waals surface area contributed by atoms with Crippen LogP contribution in [0.2, 0.25) is 0 Å². The van der Waals surface area contributed by atoms with Gasteiger partial charge in [0, 0.05) is 11.6 Å². The molecule has 2 amide bonds. The van der Waals surface area contributed by atoms with Crippen LogP contribution in [0.3, 0.4) is 0 Å². The summed E-state index contributed by atoms with van der Waals surface area (Å²) in [7, 11) is 1.28. The summed E-state index contributed by atoms with van der Waals surface area (Å²) < 4.78 is 4.42. The maximum Gasteiger partial charge on any atom is 0.427 e. The third-order valence-electron chi connectivity index (χ3n) is 3.02. The normalized spacial score (nSPS) is 14.6. The summed E-state index contributed by atoms with van der Waals surface area (Å²) in [6, 6.07) is 7.29. The van der Waals surface area contributed by atoms with E-state index in [0.717, 1.165) is 24.1 Å². The first kappa shape index (κ1) is 14.0. The molecule has 0 aliphatic heterocycles. The van der Waals surface area contributed by atoms with E-state index < -0.39 is 6.09 Å². The van der Waals surface area contributed by atoms with Gasteiger partial charge in [-0.2, -0.15) is 5.10 Å². The van der Waals surface area contributed by atoms with Gasteiger partial charge >= 0.3 is 6.09 Å². The molecule has 0 radical (unpaired) electrons. The number of carbonyl (C=O) groups excluding carboxylic acids is 2. The van der Waals surface area contributed by atoms with Crippen molar-refractivity contribution in [3.8, 4) is 0 Å². The second kappa shape index (κ2) is 6.18. The summed E-state index contributed by atoms with van der Waals surface area (Å²) in [5, 5.41) is 6.76. The molecule has 0 bridgehead atoms. The first-order valence-corrected chi connectivity index (χ1v) is 6.39. The quantitative estimate of drug-likeness (QED) is 0.652. The van der Waals surface area contributed by atoms with Crippen LogP contribution in [0.5, 0.6) is 0 Å².